The Bertz CT molecular complexity index is 321. The molecule has 0 heterocycles. The lowest BCUT2D eigenvalue weighted by atomic mass is 9.66. The van der Waals surface area contributed by atoms with Crippen molar-refractivity contribution in [1.29, 1.82) is 0 Å². The van der Waals surface area contributed by atoms with Crippen LogP contribution in [-0.2, 0) is 9.59 Å². The Hall–Kier alpha value is -1.18. The minimum absolute atomic E-state index is 0.0481. The molecule has 0 aromatic heterocycles. The van der Waals surface area contributed by atoms with Crippen molar-refractivity contribution in [2.24, 2.45) is 11.3 Å². The second-order valence-corrected chi connectivity index (χ2v) is 4.36. The van der Waals surface area contributed by atoms with Gasteiger partial charge in [0.15, 0.2) is 11.6 Å². The first-order valence-electron chi connectivity index (χ1n) is 4.79. The minimum Gasteiger partial charge on any atom is -0.294 e. The summed E-state index contributed by atoms with van der Waals surface area (Å²) < 4.78 is 0. The Labute approximate surface area is 84.7 Å². The summed E-state index contributed by atoms with van der Waals surface area (Å²) in [5.74, 6) is -0.118. The van der Waals surface area contributed by atoms with Crippen LogP contribution in [0.15, 0.2) is 24.3 Å². The summed E-state index contributed by atoms with van der Waals surface area (Å²) >= 11 is 0. The zero-order chi connectivity index (χ0) is 10.9. The third-order valence-electron chi connectivity index (χ3n) is 2.92. The fraction of sp³-hybridized carbons (Fsp3) is 0.500. The smallest absolute Gasteiger partial charge is 0.165 e. The molecular weight excluding hydrogens is 176 g/mol. The highest BCUT2D eigenvalue weighted by atomic mass is 16.1. The topological polar surface area (TPSA) is 34.1 Å². The van der Waals surface area contributed by atoms with Gasteiger partial charge in [-0.15, -0.1) is 6.58 Å². The first-order valence-corrected chi connectivity index (χ1v) is 4.79. The highest BCUT2D eigenvalue weighted by Crippen LogP contribution is 2.37. The molecule has 1 unspecified atom stereocenters. The van der Waals surface area contributed by atoms with E-state index in [9.17, 15) is 9.59 Å². The zero-order valence-corrected chi connectivity index (χ0v) is 8.96. The van der Waals surface area contributed by atoms with E-state index in [4.69, 9.17) is 0 Å². The van der Waals surface area contributed by atoms with Gasteiger partial charge in [-0.2, -0.15) is 0 Å². The molecule has 76 valence electrons. The van der Waals surface area contributed by atoms with Crippen LogP contribution in [-0.4, -0.2) is 11.6 Å². The van der Waals surface area contributed by atoms with E-state index in [1.807, 2.05) is 13.8 Å². The number of ketones is 2. The van der Waals surface area contributed by atoms with Gasteiger partial charge in [0.25, 0.3) is 0 Å². The molecule has 1 atom stereocenters. The fourth-order valence-electron chi connectivity index (χ4n) is 1.98. The van der Waals surface area contributed by atoms with Gasteiger partial charge in [0.2, 0.25) is 0 Å². The normalized spacial score (nSPS) is 25.9. The molecule has 0 radical (unpaired) electrons. The van der Waals surface area contributed by atoms with Gasteiger partial charge in [0, 0.05) is 11.3 Å². The molecule has 2 heteroatoms. The molecule has 0 bridgehead atoms. The third-order valence-corrected chi connectivity index (χ3v) is 2.92. The SMILES string of the molecule is C=CCC1C(=O)C=C(C)C(=O)C1(C)C. The highest BCUT2D eigenvalue weighted by Gasteiger charge is 2.42. The Morgan fingerprint density at radius 2 is 2.07 bits per heavy atom. The van der Waals surface area contributed by atoms with Gasteiger partial charge < -0.3 is 0 Å². The lowest BCUT2D eigenvalue weighted by Crippen LogP contribution is -2.41. The number of carbonyl (C=O) groups is 2. The molecule has 0 fully saturated rings. The van der Waals surface area contributed by atoms with Gasteiger partial charge in [0.05, 0.1) is 0 Å². The maximum absolute atomic E-state index is 11.8. The van der Waals surface area contributed by atoms with Crippen molar-refractivity contribution >= 4 is 11.6 Å². The monoisotopic (exact) mass is 192 g/mol. The van der Waals surface area contributed by atoms with Crippen LogP contribution >= 0.6 is 0 Å². The van der Waals surface area contributed by atoms with E-state index in [1.54, 1.807) is 13.0 Å². The van der Waals surface area contributed by atoms with Gasteiger partial charge in [-0.05, 0) is 25.0 Å². The van der Waals surface area contributed by atoms with Gasteiger partial charge in [-0.25, -0.2) is 0 Å². The molecule has 1 aliphatic rings. The van der Waals surface area contributed by atoms with Crippen molar-refractivity contribution < 1.29 is 9.59 Å². The van der Waals surface area contributed by atoms with Gasteiger partial charge in [-0.1, -0.05) is 19.9 Å². The van der Waals surface area contributed by atoms with Crippen molar-refractivity contribution in [1.82, 2.24) is 0 Å². The van der Waals surface area contributed by atoms with Crippen LogP contribution in [0.1, 0.15) is 27.2 Å². The number of hydrogen-bond donors (Lipinski definition) is 0. The van der Waals surface area contributed by atoms with Crippen LogP contribution in [0.5, 0.6) is 0 Å². The van der Waals surface area contributed by atoms with Gasteiger partial charge in [-0.3, -0.25) is 9.59 Å². The summed E-state index contributed by atoms with van der Waals surface area (Å²) in [4.78, 5) is 23.5. The lowest BCUT2D eigenvalue weighted by molar-refractivity contribution is -0.134. The maximum Gasteiger partial charge on any atom is 0.165 e. The quantitative estimate of drug-likeness (QED) is 0.629. The van der Waals surface area contributed by atoms with Gasteiger partial charge in [0.1, 0.15) is 0 Å². The summed E-state index contributed by atoms with van der Waals surface area (Å²) in [6.07, 6.45) is 3.73. The number of Topliss-reactive ketones (excluding diaryl/α,β-unsaturated/α-hetero) is 1. The third kappa shape index (κ3) is 1.57. The number of allylic oxidation sites excluding steroid dienone is 3. The zero-order valence-electron chi connectivity index (χ0n) is 8.96. The van der Waals surface area contributed by atoms with Crippen LogP contribution < -0.4 is 0 Å². The average molecular weight is 192 g/mol. The van der Waals surface area contributed by atoms with E-state index in [1.165, 1.54) is 6.08 Å². The first-order chi connectivity index (χ1) is 6.41. The van der Waals surface area contributed by atoms with Crippen molar-refractivity contribution in [2.45, 2.75) is 27.2 Å². The molecule has 0 aromatic carbocycles. The maximum atomic E-state index is 11.8. The number of rotatable bonds is 2. The Morgan fingerprint density at radius 3 is 2.57 bits per heavy atom. The summed E-state index contributed by atoms with van der Waals surface area (Å²) in [7, 11) is 0. The van der Waals surface area contributed by atoms with E-state index >= 15 is 0 Å². The van der Waals surface area contributed by atoms with Crippen LogP contribution in [0.4, 0.5) is 0 Å². The van der Waals surface area contributed by atoms with Crippen LogP contribution in [0.3, 0.4) is 0 Å². The standard InChI is InChI=1S/C12H16O2/c1-5-6-9-10(13)7-8(2)11(14)12(9,3)4/h5,7,9H,1,6H2,2-4H3. The minimum atomic E-state index is -0.579. The molecule has 14 heavy (non-hydrogen) atoms. The summed E-state index contributed by atoms with van der Waals surface area (Å²) in [6.45, 7) is 8.98. The molecule has 0 N–H and O–H groups in total. The summed E-state index contributed by atoms with van der Waals surface area (Å²) in [5, 5.41) is 0. The molecule has 1 rings (SSSR count). The van der Waals surface area contributed by atoms with Crippen molar-refractivity contribution in [3.8, 4) is 0 Å². The van der Waals surface area contributed by atoms with Crippen LogP contribution in [0.25, 0.3) is 0 Å². The van der Waals surface area contributed by atoms with Crippen molar-refractivity contribution in [2.75, 3.05) is 0 Å². The molecule has 0 aromatic rings. The number of hydrogen-bond acceptors (Lipinski definition) is 2. The van der Waals surface area contributed by atoms with E-state index < -0.39 is 5.41 Å². The van der Waals surface area contributed by atoms with E-state index in [2.05, 4.69) is 6.58 Å². The summed E-state index contributed by atoms with van der Waals surface area (Å²) in [6, 6.07) is 0. The second-order valence-electron chi connectivity index (χ2n) is 4.36. The Morgan fingerprint density at radius 1 is 1.50 bits per heavy atom. The average Bonchev–Trinajstić information content (AvgIpc) is 2.10. The molecule has 0 saturated heterocycles. The van der Waals surface area contributed by atoms with Crippen LogP contribution in [0.2, 0.25) is 0 Å². The lowest BCUT2D eigenvalue weighted by Gasteiger charge is -2.34. The van der Waals surface area contributed by atoms with Crippen LogP contribution in [0, 0.1) is 11.3 Å². The predicted octanol–water partition coefficient (Wildman–Crippen LogP) is 2.30. The Balaban J connectivity index is 3.14. The Kier molecular flexibility index (Phi) is 2.74. The number of carbonyl (C=O) groups excluding carboxylic acids is 2. The highest BCUT2D eigenvalue weighted by molar-refractivity contribution is 6.12. The summed E-state index contributed by atoms with van der Waals surface area (Å²) in [5.41, 5.74) is -0.00953. The van der Waals surface area contributed by atoms with E-state index in [-0.39, 0.29) is 17.5 Å². The fourth-order valence-corrected chi connectivity index (χ4v) is 1.98. The van der Waals surface area contributed by atoms with Crippen molar-refractivity contribution in [3.63, 3.8) is 0 Å². The largest absolute Gasteiger partial charge is 0.294 e. The molecule has 1 aliphatic carbocycles. The van der Waals surface area contributed by atoms with E-state index in [0.29, 0.717) is 12.0 Å². The molecular formula is C12H16O2. The van der Waals surface area contributed by atoms with Gasteiger partial charge >= 0.3 is 0 Å². The molecule has 0 saturated carbocycles. The molecule has 2 nitrogen and oxygen atoms in total. The van der Waals surface area contributed by atoms with Crippen molar-refractivity contribution in [3.05, 3.63) is 24.3 Å². The van der Waals surface area contributed by atoms with E-state index in [0.717, 1.165) is 0 Å². The molecule has 0 amide bonds. The predicted molar refractivity (Wildman–Crippen MR) is 55.9 cm³/mol. The second kappa shape index (κ2) is 3.52. The molecule has 0 aliphatic heterocycles. The first kappa shape index (κ1) is 10.9. The molecule has 0 spiro atoms.